The summed E-state index contributed by atoms with van der Waals surface area (Å²) in [6.07, 6.45) is 14.9. The van der Waals surface area contributed by atoms with E-state index in [0.29, 0.717) is 12.0 Å². The number of H-pyrrole nitrogens is 1. The Morgan fingerprint density at radius 3 is 2.15 bits per heavy atom. The fraction of sp³-hybridized carbons (Fsp3) is 0.607. The number of halogens is 1. The monoisotopic (exact) mass is 473 g/mol. The topological polar surface area (TPSA) is 60.6 Å². The van der Waals surface area contributed by atoms with Gasteiger partial charge in [0.25, 0.3) is 0 Å². The highest BCUT2D eigenvalue weighted by Crippen LogP contribution is 2.24. The van der Waals surface area contributed by atoms with Gasteiger partial charge in [0, 0.05) is 17.3 Å². The fourth-order valence-corrected chi connectivity index (χ4v) is 4.32. The van der Waals surface area contributed by atoms with E-state index < -0.39 is 24.2 Å². The van der Waals surface area contributed by atoms with Crippen LogP contribution in [0, 0.1) is 5.82 Å². The lowest BCUT2D eigenvalue weighted by Crippen LogP contribution is -2.35. The molecule has 1 saturated heterocycles. The molecule has 0 unspecified atom stereocenters. The van der Waals surface area contributed by atoms with Crippen LogP contribution in [0.4, 0.5) is 4.39 Å². The molecule has 0 bridgehead atoms. The van der Waals surface area contributed by atoms with Crippen LogP contribution in [0.15, 0.2) is 36.5 Å². The second kappa shape index (κ2) is 14.9. The molecule has 0 aliphatic carbocycles. The highest BCUT2D eigenvalue weighted by Gasteiger charge is 2.28. The Hall–Kier alpha value is -2.18. The van der Waals surface area contributed by atoms with Crippen molar-refractivity contribution < 1.29 is 23.4 Å². The molecule has 0 amide bonds. The molecule has 1 aromatic carbocycles. The van der Waals surface area contributed by atoms with E-state index in [4.69, 9.17) is 14.2 Å². The lowest BCUT2D eigenvalue weighted by molar-refractivity contribution is -0.220. The van der Waals surface area contributed by atoms with Gasteiger partial charge in [-0.1, -0.05) is 101 Å². The van der Waals surface area contributed by atoms with E-state index in [2.05, 4.69) is 11.9 Å². The number of benzene rings is 1. The Labute approximate surface area is 203 Å². The van der Waals surface area contributed by atoms with Gasteiger partial charge in [0.1, 0.15) is 6.10 Å². The van der Waals surface area contributed by atoms with E-state index in [1.165, 1.54) is 57.8 Å². The zero-order chi connectivity index (χ0) is 24.0. The molecule has 5 nitrogen and oxygen atoms in total. The lowest BCUT2D eigenvalue weighted by Gasteiger charge is -2.29. The number of aromatic amines is 1. The maximum absolute atomic E-state index is 14.7. The lowest BCUT2D eigenvalue weighted by atomic mass is 10.0. The molecule has 0 saturated carbocycles. The van der Waals surface area contributed by atoms with E-state index >= 15 is 0 Å². The molecule has 1 aliphatic heterocycles. The summed E-state index contributed by atoms with van der Waals surface area (Å²) in [4.78, 5) is 15.2. The van der Waals surface area contributed by atoms with Crippen molar-refractivity contribution in [1.82, 2.24) is 4.98 Å². The predicted octanol–water partition coefficient (Wildman–Crippen LogP) is 7.28. The van der Waals surface area contributed by atoms with Crippen molar-refractivity contribution in [2.24, 2.45) is 0 Å². The number of aromatic nitrogens is 1. The van der Waals surface area contributed by atoms with Crippen molar-refractivity contribution in [2.75, 3.05) is 13.2 Å². The van der Waals surface area contributed by atoms with Crippen LogP contribution in [0.25, 0.3) is 0 Å². The van der Waals surface area contributed by atoms with E-state index in [0.717, 1.165) is 18.4 Å². The highest BCUT2D eigenvalue weighted by molar-refractivity contribution is 5.88. The summed E-state index contributed by atoms with van der Waals surface area (Å²) < 4.78 is 31.5. The zero-order valence-corrected chi connectivity index (χ0v) is 20.5. The first-order chi connectivity index (χ1) is 16.7. The van der Waals surface area contributed by atoms with Gasteiger partial charge in [0.15, 0.2) is 17.8 Å². The van der Waals surface area contributed by atoms with Gasteiger partial charge in [-0.05, 0) is 12.8 Å². The first kappa shape index (κ1) is 26.4. The van der Waals surface area contributed by atoms with Crippen molar-refractivity contribution in [3.63, 3.8) is 0 Å². The molecule has 1 aliphatic rings. The number of unbranched alkanes of at least 4 members (excludes halogenated alkanes) is 10. The normalized spacial score (nSPS) is 18.2. The Morgan fingerprint density at radius 1 is 0.941 bits per heavy atom. The van der Waals surface area contributed by atoms with Gasteiger partial charge in [-0.3, -0.25) is 0 Å². The molecule has 2 heterocycles. The van der Waals surface area contributed by atoms with E-state index in [1.807, 2.05) is 30.3 Å². The summed E-state index contributed by atoms with van der Waals surface area (Å²) in [5.41, 5.74) is 1.33. The number of esters is 1. The Kier molecular flexibility index (Phi) is 11.6. The van der Waals surface area contributed by atoms with Crippen molar-refractivity contribution >= 4 is 5.97 Å². The Balaban J connectivity index is 1.30. The largest absolute Gasteiger partial charge is 0.453 e. The van der Waals surface area contributed by atoms with Crippen LogP contribution >= 0.6 is 0 Å². The molecular weight excluding hydrogens is 433 g/mol. The van der Waals surface area contributed by atoms with Crippen molar-refractivity contribution in [3.8, 4) is 0 Å². The Morgan fingerprint density at radius 2 is 1.53 bits per heavy atom. The second-order valence-electron chi connectivity index (χ2n) is 9.23. The molecule has 188 valence electrons. The minimum atomic E-state index is -0.710. The van der Waals surface area contributed by atoms with Crippen LogP contribution in [0.1, 0.15) is 105 Å². The van der Waals surface area contributed by atoms with E-state index in [-0.39, 0.29) is 18.9 Å². The van der Waals surface area contributed by atoms with Crippen LogP contribution in [0.2, 0.25) is 0 Å². The van der Waals surface area contributed by atoms with Crippen molar-refractivity contribution in [1.29, 1.82) is 0 Å². The van der Waals surface area contributed by atoms with Gasteiger partial charge in [-0.25, -0.2) is 9.18 Å². The minimum absolute atomic E-state index is 0.122. The van der Waals surface area contributed by atoms with Crippen LogP contribution in [-0.2, 0) is 20.6 Å². The number of hydrogen-bond donors (Lipinski definition) is 1. The first-order valence-electron chi connectivity index (χ1n) is 13.0. The van der Waals surface area contributed by atoms with Crippen LogP contribution in [0.3, 0.4) is 0 Å². The summed E-state index contributed by atoms with van der Waals surface area (Å²) in [7, 11) is 0. The summed E-state index contributed by atoms with van der Waals surface area (Å²) in [5, 5.41) is 0. The average molecular weight is 474 g/mol. The molecule has 1 N–H and O–H groups in total. The standard InChI is InChI=1S/C28H40FNO4/c1-2-3-4-5-6-7-8-9-10-11-13-18-23-19-30-26(25(23)29)27(31)34-24-20-32-28(33-21-24)22-16-14-12-15-17-22/h12,14-17,19,24,28,30H,2-11,13,18,20-21H2,1H3. The van der Waals surface area contributed by atoms with Crippen LogP contribution < -0.4 is 0 Å². The van der Waals surface area contributed by atoms with E-state index in [1.54, 1.807) is 6.20 Å². The van der Waals surface area contributed by atoms with Gasteiger partial charge in [-0.15, -0.1) is 0 Å². The van der Waals surface area contributed by atoms with Crippen molar-refractivity contribution in [3.05, 3.63) is 59.2 Å². The third-order valence-corrected chi connectivity index (χ3v) is 6.36. The van der Waals surface area contributed by atoms with Crippen molar-refractivity contribution in [2.45, 2.75) is 96.4 Å². The van der Waals surface area contributed by atoms with Gasteiger partial charge >= 0.3 is 5.97 Å². The highest BCUT2D eigenvalue weighted by atomic mass is 19.1. The Bertz CT molecular complexity index is 830. The SMILES string of the molecule is CCCCCCCCCCCCCc1c[nH]c(C(=O)OC2COC(c3ccccc3)OC2)c1F. The number of nitrogens with one attached hydrogen (secondary N) is 1. The molecule has 6 heteroatoms. The van der Waals surface area contributed by atoms with Gasteiger partial charge in [0.05, 0.1) is 13.2 Å². The third-order valence-electron chi connectivity index (χ3n) is 6.36. The third kappa shape index (κ3) is 8.55. The molecule has 0 atom stereocenters. The molecule has 3 rings (SSSR count). The van der Waals surface area contributed by atoms with Gasteiger partial charge in [0.2, 0.25) is 0 Å². The molecule has 1 aromatic heterocycles. The zero-order valence-electron chi connectivity index (χ0n) is 20.5. The maximum Gasteiger partial charge on any atom is 0.358 e. The first-order valence-corrected chi connectivity index (χ1v) is 13.0. The molecule has 2 aromatic rings. The molecule has 1 fully saturated rings. The quantitative estimate of drug-likeness (QED) is 0.218. The fourth-order valence-electron chi connectivity index (χ4n) is 4.32. The van der Waals surface area contributed by atoms with E-state index in [9.17, 15) is 9.18 Å². The number of hydrogen-bond acceptors (Lipinski definition) is 4. The number of rotatable bonds is 15. The smallest absolute Gasteiger partial charge is 0.358 e. The predicted molar refractivity (Wildman–Crippen MR) is 131 cm³/mol. The molecular formula is C28H40FNO4. The molecule has 0 radical (unpaired) electrons. The van der Waals surface area contributed by atoms with Crippen LogP contribution in [-0.4, -0.2) is 30.3 Å². The number of aryl methyl sites for hydroxylation is 1. The summed E-state index contributed by atoms with van der Waals surface area (Å²) in [6, 6.07) is 9.59. The average Bonchev–Trinajstić information content (AvgIpc) is 3.23. The molecule has 34 heavy (non-hydrogen) atoms. The maximum atomic E-state index is 14.7. The minimum Gasteiger partial charge on any atom is -0.453 e. The number of carbonyl (C=O) groups excluding carboxylic acids is 1. The van der Waals surface area contributed by atoms with Gasteiger partial charge in [-0.2, -0.15) is 0 Å². The number of ether oxygens (including phenoxy) is 3. The second-order valence-corrected chi connectivity index (χ2v) is 9.23. The molecule has 0 spiro atoms. The summed E-state index contributed by atoms with van der Waals surface area (Å²) in [6.45, 7) is 2.66. The summed E-state index contributed by atoms with van der Waals surface area (Å²) in [5.74, 6) is -1.21. The summed E-state index contributed by atoms with van der Waals surface area (Å²) >= 11 is 0. The van der Waals surface area contributed by atoms with Gasteiger partial charge < -0.3 is 19.2 Å². The van der Waals surface area contributed by atoms with Crippen LogP contribution in [0.5, 0.6) is 0 Å². The number of carbonyl (C=O) groups is 1.